The van der Waals surface area contributed by atoms with Gasteiger partial charge >= 0.3 is 0 Å². The first kappa shape index (κ1) is 15.2. The smallest absolute Gasteiger partial charge is 0.272 e. The van der Waals surface area contributed by atoms with Gasteiger partial charge in [-0.3, -0.25) is 9.89 Å². The molecule has 3 rings (SSSR count). The lowest BCUT2D eigenvalue weighted by Gasteiger charge is -2.06. The van der Waals surface area contributed by atoms with Gasteiger partial charge in [0.15, 0.2) is 17.3 Å². The van der Waals surface area contributed by atoms with Crippen molar-refractivity contribution in [2.24, 2.45) is 0 Å². The fraction of sp³-hybridized carbons (Fsp3) is 0.125. The molecule has 1 aromatic carbocycles. The zero-order valence-electron chi connectivity index (χ0n) is 12.3. The number of H-pyrrole nitrogens is 1. The number of amides is 1. The summed E-state index contributed by atoms with van der Waals surface area (Å²) in [6.45, 7) is 0.209. The largest absolute Gasteiger partial charge is 0.494 e. The highest BCUT2D eigenvalue weighted by Gasteiger charge is 2.12. The molecule has 2 aromatic heterocycles. The molecule has 0 aliphatic carbocycles. The van der Waals surface area contributed by atoms with Crippen LogP contribution in [0.25, 0.3) is 10.6 Å². The van der Waals surface area contributed by atoms with Crippen molar-refractivity contribution in [3.05, 3.63) is 58.9 Å². The van der Waals surface area contributed by atoms with Crippen LogP contribution in [0.2, 0.25) is 0 Å². The number of methoxy groups -OCH3 is 1. The van der Waals surface area contributed by atoms with E-state index in [9.17, 15) is 9.18 Å². The monoisotopic (exact) mass is 331 g/mol. The van der Waals surface area contributed by atoms with Crippen molar-refractivity contribution in [3.63, 3.8) is 0 Å². The third-order valence-corrected chi connectivity index (χ3v) is 4.17. The summed E-state index contributed by atoms with van der Waals surface area (Å²) >= 11 is 1.56. The SMILES string of the molecule is COc1ccc(CNC(=O)c2cc(-c3cccs3)[nH]n2)cc1F. The normalized spacial score (nSPS) is 10.5. The van der Waals surface area contributed by atoms with Gasteiger partial charge in [-0.2, -0.15) is 5.10 Å². The van der Waals surface area contributed by atoms with E-state index in [-0.39, 0.29) is 18.2 Å². The van der Waals surface area contributed by atoms with E-state index in [1.807, 2.05) is 17.5 Å². The average molecular weight is 331 g/mol. The van der Waals surface area contributed by atoms with Crippen molar-refractivity contribution >= 4 is 17.2 Å². The quantitative estimate of drug-likeness (QED) is 0.754. The number of ether oxygens (including phenoxy) is 1. The van der Waals surface area contributed by atoms with Crippen LogP contribution in [-0.2, 0) is 6.54 Å². The Hall–Kier alpha value is -2.67. The molecule has 7 heteroatoms. The van der Waals surface area contributed by atoms with Gasteiger partial charge in [-0.15, -0.1) is 11.3 Å². The molecular weight excluding hydrogens is 317 g/mol. The maximum absolute atomic E-state index is 13.6. The fourth-order valence-electron chi connectivity index (χ4n) is 2.09. The van der Waals surface area contributed by atoms with Gasteiger partial charge in [0.1, 0.15) is 0 Å². The van der Waals surface area contributed by atoms with Gasteiger partial charge in [0.2, 0.25) is 0 Å². The Morgan fingerprint density at radius 2 is 2.26 bits per heavy atom. The third kappa shape index (κ3) is 3.40. The highest BCUT2D eigenvalue weighted by Crippen LogP contribution is 2.23. The molecule has 0 unspecified atom stereocenters. The van der Waals surface area contributed by atoms with Crippen molar-refractivity contribution < 1.29 is 13.9 Å². The van der Waals surface area contributed by atoms with E-state index in [0.717, 1.165) is 10.6 Å². The molecule has 0 atom stereocenters. The molecule has 2 N–H and O–H groups in total. The van der Waals surface area contributed by atoms with E-state index in [0.29, 0.717) is 11.3 Å². The van der Waals surface area contributed by atoms with Crippen molar-refractivity contribution in [2.45, 2.75) is 6.54 Å². The number of carbonyl (C=O) groups is 1. The minimum absolute atomic E-state index is 0.174. The number of rotatable bonds is 5. The second-order valence-electron chi connectivity index (χ2n) is 4.80. The second kappa shape index (κ2) is 6.62. The lowest BCUT2D eigenvalue weighted by molar-refractivity contribution is 0.0946. The summed E-state index contributed by atoms with van der Waals surface area (Å²) in [6.07, 6.45) is 0. The van der Waals surface area contributed by atoms with E-state index in [1.165, 1.54) is 19.2 Å². The molecule has 0 aliphatic heterocycles. The molecule has 2 heterocycles. The summed E-state index contributed by atoms with van der Waals surface area (Å²) in [5, 5.41) is 11.5. The van der Waals surface area contributed by atoms with E-state index in [1.54, 1.807) is 23.5 Å². The predicted octanol–water partition coefficient (Wildman–Crippen LogP) is 3.22. The zero-order chi connectivity index (χ0) is 16.2. The zero-order valence-corrected chi connectivity index (χ0v) is 13.1. The number of hydrogen-bond acceptors (Lipinski definition) is 4. The summed E-state index contributed by atoms with van der Waals surface area (Å²) in [5.74, 6) is -0.604. The molecule has 5 nitrogen and oxygen atoms in total. The molecule has 0 bridgehead atoms. The Morgan fingerprint density at radius 1 is 1.39 bits per heavy atom. The topological polar surface area (TPSA) is 67.0 Å². The second-order valence-corrected chi connectivity index (χ2v) is 5.74. The molecule has 0 spiro atoms. The molecule has 3 aromatic rings. The predicted molar refractivity (Wildman–Crippen MR) is 86.0 cm³/mol. The number of thiophene rings is 1. The van der Waals surface area contributed by atoms with Gasteiger partial charge in [0.05, 0.1) is 17.7 Å². The number of halogens is 1. The standard InChI is InChI=1S/C16H14FN3O2S/c1-22-14-5-4-10(7-11(14)17)9-18-16(21)13-8-12(19-20-13)15-3-2-6-23-15/h2-8H,9H2,1H3,(H,18,21)(H,19,20). The number of nitrogens with zero attached hydrogens (tertiary/aromatic N) is 1. The van der Waals surface area contributed by atoms with Crippen LogP contribution in [0.5, 0.6) is 5.75 Å². The van der Waals surface area contributed by atoms with Gasteiger partial charge in [0.25, 0.3) is 5.91 Å². The summed E-state index contributed by atoms with van der Waals surface area (Å²) < 4.78 is 18.5. The average Bonchev–Trinajstić information content (AvgIpc) is 3.23. The maximum Gasteiger partial charge on any atom is 0.272 e. The molecule has 23 heavy (non-hydrogen) atoms. The highest BCUT2D eigenvalue weighted by molar-refractivity contribution is 7.13. The Kier molecular flexibility index (Phi) is 4.38. The van der Waals surface area contributed by atoms with Gasteiger partial charge < -0.3 is 10.1 Å². The molecular formula is C16H14FN3O2S. The molecule has 0 aliphatic rings. The molecule has 0 fully saturated rings. The van der Waals surface area contributed by atoms with Gasteiger partial charge in [-0.1, -0.05) is 12.1 Å². The number of aromatic nitrogens is 2. The molecule has 118 valence electrons. The van der Waals surface area contributed by atoms with E-state index in [2.05, 4.69) is 15.5 Å². The number of aromatic amines is 1. The van der Waals surface area contributed by atoms with Crippen molar-refractivity contribution in [1.29, 1.82) is 0 Å². The Balaban J connectivity index is 1.64. The van der Waals surface area contributed by atoms with Gasteiger partial charge in [-0.25, -0.2) is 4.39 Å². The maximum atomic E-state index is 13.6. The molecule has 0 radical (unpaired) electrons. The first-order valence-corrected chi connectivity index (χ1v) is 7.75. The third-order valence-electron chi connectivity index (χ3n) is 3.27. The van der Waals surface area contributed by atoms with E-state index < -0.39 is 5.82 Å². The Labute approximate surface area is 136 Å². The van der Waals surface area contributed by atoms with Crippen LogP contribution >= 0.6 is 11.3 Å². The van der Waals surface area contributed by atoms with Crippen LogP contribution < -0.4 is 10.1 Å². The molecule has 0 saturated heterocycles. The van der Waals surface area contributed by atoms with Gasteiger partial charge in [-0.05, 0) is 35.2 Å². The van der Waals surface area contributed by atoms with Crippen LogP contribution in [-0.4, -0.2) is 23.2 Å². The Morgan fingerprint density at radius 3 is 2.96 bits per heavy atom. The van der Waals surface area contributed by atoms with Crippen molar-refractivity contribution in [3.8, 4) is 16.3 Å². The van der Waals surface area contributed by atoms with Crippen LogP contribution in [0.1, 0.15) is 16.1 Å². The van der Waals surface area contributed by atoms with Gasteiger partial charge in [0, 0.05) is 6.54 Å². The number of hydrogen-bond donors (Lipinski definition) is 2. The first-order valence-electron chi connectivity index (χ1n) is 6.87. The summed E-state index contributed by atoms with van der Waals surface area (Å²) in [7, 11) is 1.41. The number of benzene rings is 1. The van der Waals surface area contributed by atoms with E-state index >= 15 is 0 Å². The Bertz CT molecular complexity index is 815. The first-order chi connectivity index (χ1) is 11.2. The minimum atomic E-state index is -0.459. The van der Waals surface area contributed by atoms with Crippen LogP contribution in [0, 0.1) is 5.82 Å². The van der Waals surface area contributed by atoms with Crippen LogP contribution in [0.4, 0.5) is 4.39 Å². The summed E-state index contributed by atoms with van der Waals surface area (Å²) in [5.41, 5.74) is 1.73. The molecule has 0 saturated carbocycles. The van der Waals surface area contributed by atoms with E-state index in [4.69, 9.17) is 4.74 Å². The minimum Gasteiger partial charge on any atom is -0.494 e. The molecule has 1 amide bonds. The summed E-state index contributed by atoms with van der Waals surface area (Å²) in [6, 6.07) is 10.1. The highest BCUT2D eigenvalue weighted by atomic mass is 32.1. The number of nitrogens with one attached hydrogen (secondary N) is 2. The van der Waals surface area contributed by atoms with Crippen LogP contribution in [0.15, 0.2) is 41.8 Å². The lowest BCUT2D eigenvalue weighted by Crippen LogP contribution is -2.23. The van der Waals surface area contributed by atoms with Crippen LogP contribution in [0.3, 0.4) is 0 Å². The van der Waals surface area contributed by atoms with Crippen molar-refractivity contribution in [1.82, 2.24) is 15.5 Å². The fourth-order valence-corrected chi connectivity index (χ4v) is 2.78. The number of carbonyl (C=O) groups excluding carboxylic acids is 1. The summed E-state index contributed by atoms with van der Waals surface area (Å²) in [4.78, 5) is 13.1. The van der Waals surface area contributed by atoms with Crippen molar-refractivity contribution in [2.75, 3.05) is 7.11 Å². The lowest BCUT2D eigenvalue weighted by atomic mass is 10.2.